The lowest BCUT2D eigenvalue weighted by atomic mass is 10.1. The summed E-state index contributed by atoms with van der Waals surface area (Å²) in [6.45, 7) is 1.47. The molecular weight excluding hydrogens is 202 g/mol. The lowest BCUT2D eigenvalue weighted by molar-refractivity contribution is -0.0170. The molecule has 76 valence electrons. The summed E-state index contributed by atoms with van der Waals surface area (Å²) in [5.74, 6) is 0.895. The summed E-state index contributed by atoms with van der Waals surface area (Å²) in [7, 11) is 0. The highest BCUT2D eigenvalue weighted by Crippen LogP contribution is 2.31. The Hall–Kier alpha value is -0.770. The van der Waals surface area contributed by atoms with Crippen LogP contribution in [0.25, 0.3) is 0 Å². The van der Waals surface area contributed by atoms with Crippen molar-refractivity contribution in [2.45, 2.75) is 13.0 Å². The first kappa shape index (κ1) is 9.77. The van der Waals surface area contributed by atoms with Crippen LogP contribution in [-0.2, 0) is 17.8 Å². The zero-order chi connectivity index (χ0) is 9.97. The van der Waals surface area contributed by atoms with Gasteiger partial charge in [-0.05, 0) is 30.7 Å². The zero-order valence-electron chi connectivity index (χ0n) is 7.75. The Kier molecular flexibility index (Phi) is 2.91. The molecule has 1 aromatic carbocycles. The van der Waals surface area contributed by atoms with Crippen molar-refractivity contribution in [1.82, 2.24) is 0 Å². The quantitative estimate of drug-likeness (QED) is 0.814. The van der Waals surface area contributed by atoms with E-state index in [0.717, 1.165) is 23.3 Å². The van der Waals surface area contributed by atoms with Crippen molar-refractivity contribution in [3.8, 4) is 5.75 Å². The van der Waals surface area contributed by atoms with E-state index in [9.17, 15) is 0 Å². The highest BCUT2D eigenvalue weighted by molar-refractivity contribution is 6.30. The van der Waals surface area contributed by atoms with Crippen LogP contribution in [0.15, 0.2) is 12.1 Å². The van der Waals surface area contributed by atoms with Crippen LogP contribution >= 0.6 is 11.6 Å². The van der Waals surface area contributed by atoms with Gasteiger partial charge in [0.05, 0.1) is 6.61 Å². The third kappa shape index (κ3) is 1.85. The van der Waals surface area contributed by atoms with Gasteiger partial charge in [0.15, 0.2) is 6.79 Å². The summed E-state index contributed by atoms with van der Waals surface area (Å²) in [6, 6.07) is 3.77. The van der Waals surface area contributed by atoms with Crippen LogP contribution in [0, 0.1) is 0 Å². The lowest BCUT2D eigenvalue weighted by Crippen LogP contribution is -2.14. The minimum Gasteiger partial charge on any atom is -0.467 e. The van der Waals surface area contributed by atoms with Crippen molar-refractivity contribution in [3.63, 3.8) is 0 Å². The number of benzene rings is 1. The predicted octanol–water partition coefficient (Wildman–Crippen LogP) is 1.71. The van der Waals surface area contributed by atoms with E-state index in [1.54, 1.807) is 0 Å². The summed E-state index contributed by atoms with van der Waals surface area (Å²) in [6.07, 6.45) is 0.781. The summed E-state index contributed by atoms with van der Waals surface area (Å²) >= 11 is 5.97. The third-order valence-corrected chi connectivity index (χ3v) is 2.38. The van der Waals surface area contributed by atoms with Crippen molar-refractivity contribution >= 4 is 11.6 Å². The lowest BCUT2D eigenvalue weighted by Gasteiger charge is -2.20. The molecule has 0 fully saturated rings. The molecule has 0 aromatic heterocycles. The van der Waals surface area contributed by atoms with Crippen LogP contribution in [-0.4, -0.2) is 13.3 Å². The third-order valence-electron chi connectivity index (χ3n) is 2.17. The van der Waals surface area contributed by atoms with Gasteiger partial charge in [-0.2, -0.15) is 0 Å². The fourth-order valence-electron chi connectivity index (χ4n) is 1.60. The molecule has 2 rings (SSSR count). The molecule has 0 radical (unpaired) electrons. The van der Waals surface area contributed by atoms with Crippen LogP contribution in [0.4, 0.5) is 0 Å². The maximum atomic E-state index is 5.97. The highest BCUT2D eigenvalue weighted by Gasteiger charge is 2.15. The van der Waals surface area contributed by atoms with Crippen LogP contribution in [0.2, 0.25) is 5.02 Å². The van der Waals surface area contributed by atoms with Gasteiger partial charge in [0.2, 0.25) is 0 Å². The van der Waals surface area contributed by atoms with E-state index in [1.807, 2.05) is 12.1 Å². The number of nitrogens with two attached hydrogens (primary N) is 1. The predicted molar refractivity (Wildman–Crippen MR) is 54.5 cm³/mol. The Morgan fingerprint density at radius 2 is 2.29 bits per heavy atom. The molecule has 0 unspecified atom stereocenters. The number of fused-ring (bicyclic) bond motifs is 1. The monoisotopic (exact) mass is 213 g/mol. The van der Waals surface area contributed by atoms with E-state index < -0.39 is 0 Å². The molecular formula is C10H12ClNO2. The molecule has 3 nitrogen and oxygen atoms in total. The van der Waals surface area contributed by atoms with Crippen LogP contribution in [0.5, 0.6) is 5.75 Å². The molecule has 0 saturated heterocycles. The van der Waals surface area contributed by atoms with Gasteiger partial charge in [0.25, 0.3) is 0 Å². The molecule has 1 aliphatic heterocycles. The van der Waals surface area contributed by atoms with E-state index in [4.69, 9.17) is 26.8 Å². The molecule has 14 heavy (non-hydrogen) atoms. The van der Waals surface area contributed by atoms with Crippen molar-refractivity contribution in [2.75, 3.05) is 13.3 Å². The average molecular weight is 214 g/mol. The molecule has 0 amide bonds. The fourth-order valence-corrected chi connectivity index (χ4v) is 1.86. The number of halogens is 1. The van der Waals surface area contributed by atoms with Crippen molar-refractivity contribution in [1.29, 1.82) is 0 Å². The largest absolute Gasteiger partial charge is 0.467 e. The molecule has 0 bridgehead atoms. The number of hydrogen-bond acceptors (Lipinski definition) is 3. The summed E-state index contributed by atoms with van der Waals surface area (Å²) in [5, 5.41) is 0.710. The van der Waals surface area contributed by atoms with Gasteiger partial charge < -0.3 is 15.2 Å². The molecule has 0 spiro atoms. The average Bonchev–Trinajstić information content (AvgIpc) is 2.18. The standard InChI is InChI=1S/C10H12ClNO2/c11-9-3-7(1-2-12)10-8(4-9)5-13-6-14-10/h3-4H,1-2,5-6,12H2. The molecule has 1 aliphatic rings. The second-order valence-electron chi connectivity index (χ2n) is 3.20. The molecule has 0 saturated carbocycles. The van der Waals surface area contributed by atoms with E-state index in [2.05, 4.69) is 0 Å². The van der Waals surface area contributed by atoms with Gasteiger partial charge >= 0.3 is 0 Å². The van der Waals surface area contributed by atoms with Crippen molar-refractivity contribution in [3.05, 3.63) is 28.3 Å². The molecule has 0 aliphatic carbocycles. The Balaban J connectivity index is 2.41. The normalized spacial score (nSPS) is 14.7. The van der Waals surface area contributed by atoms with E-state index in [-0.39, 0.29) is 0 Å². The fraction of sp³-hybridized carbons (Fsp3) is 0.400. The summed E-state index contributed by atoms with van der Waals surface area (Å²) in [5.41, 5.74) is 7.59. The Morgan fingerprint density at radius 1 is 1.43 bits per heavy atom. The summed E-state index contributed by atoms with van der Waals surface area (Å²) in [4.78, 5) is 0. The van der Waals surface area contributed by atoms with Crippen LogP contribution in [0.3, 0.4) is 0 Å². The number of hydrogen-bond donors (Lipinski definition) is 1. The van der Waals surface area contributed by atoms with Gasteiger partial charge in [-0.15, -0.1) is 0 Å². The van der Waals surface area contributed by atoms with Crippen molar-refractivity contribution in [2.24, 2.45) is 5.73 Å². The smallest absolute Gasteiger partial charge is 0.189 e. The van der Waals surface area contributed by atoms with Gasteiger partial charge in [-0.3, -0.25) is 0 Å². The molecule has 2 N–H and O–H groups in total. The Labute approximate surface area is 87.8 Å². The first-order chi connectivity index (χ1) is 6.81. The maximum absolute atomic E-state index is 5.97. The molecule has 1 heterocycles. The van der Waals surface area contributed by atoms with Crippen LogP contribution in [0.1, 0.15) is 11.1 Å². The highest BCUT2D eigenvalue weighted by atomic mass is 35.5. The molecule has 0 atom stereocenters. The summed E-state index contributed by atoms with van der Waals surface area (Å²) < 4.78 is 10.6. The SMILES string of the molecule is NCCc1cc(Cl)cc2c1OCOC2. The zero-order valence-corrected chi connectivity index (χ0v) is 8.51. The van der Waals surface area contributed by atoms with Crippen molar-refractivity contribution < 1.29 is 9.47 Å². The Morgan fingerprint density at radius 3 is 3.07 bits per heavy atom. The van der Waals surface area contributed by atoms with Gasteiger partial charge in [-0.25, -0.2) is 0 Å². The van der Waals surface area contributed by atoms with Gasteiger partial charge in [0.1, 0.15) is 5.75 Å². The maximum Gasteiger partial charge on any atom is 0.189 e. The second-order valence-corrected chi connectivity index (χ2v) is 3.64. The minimum absolute atomic E-state index is 0.312. The molecule has 4 heteroatoms. The van der Waals surface area contributed by atoms with Gasteiger partial charge in [0, 0.05) is 10.6 Å². The van der Waals surface area contributed by atoms with Gasteiger partial charge in [-0.1, -0.05) is 11.6 Å². The van der Waals surface area contributed by atoms with E-state index in [0.29, 0.717) is 25.0 Å². The first-order valence-electron chi connectivity index (χ1n) is 4.53. The van der Waals surface area contributed by atoms with E-state index in [1.165, 1.54) is 0 Å². The topological polar surface area (TPSA) is 44.5 Å². The Bertz CT molecular complexity index is 341. The first-order valence-corrected chi connectivity index (χ1v) is 4.91. The van der Waals surface area contributed by atoms with E-state index >= 15 is 0 Å². The molecule has 1 aromatic rings. The number of rotatable bonds is 2. The number of ether oxygens (including phenoxy) is 2. The second kappa shape index (κ2) is 4.17. The van der Waals surface area contributed by atoms with Crippen LogP contribution < -0.4 is 10.5 Å². The minimum atomic E-state index is 0.312.